The fraction of sp³-hybridized carbons (Fsp3) is 0.263. The molecule has 0 unspecified atom stereocenters. The van der Waals surface area contributed by atoms with Crippen LogP contribution in [0.3, 0.4) is 0 Å². The highest BCUT2D eigenvalue weighted by Gasteiger charge is 2.20. The van der Waals surface area contributed by atoms with Crippen LogP contribution in [0.25, 0.3) is 10.9 Å². The molecule has 0 saturated heterocycles. The average molecular weight is 372 g/mol. The molecule has 1 aromatic carbocycles. The lowest BCUT2D eigenvalue weighted by Gasteiger charge is -2.20. The number of H-pyrrole nitrogens is 1. The summed E-state index contributed by atoms with van der Waals surface area (Å²) in [6, 6.07) is 8.26. The van der Waals surface area contributed by atoms with Crippen LogP contribution in [-0.4, -0.2) is 48.3 Å². The first-order valence-electron chi connectivity index (χ1n) is 8.29. The molecule has 2 N–H and O–H groups in total. The van der Waals surface area contributed by atoms with Gasteiger partial charge in [-0.3, -0.25) is 9.59 Å². The summed E-state index contributed by atoms with van der Waals surface area (Å²) in [5, 5.41) is 10.0. The molecule has 8 nitrogen and oxygen atoms in total. The number of hydrogen-bond acceptors (Lipinski definition) is 6. The van der Waals surface area contributed by atoms with Crippen LogP contribution in [0, 0.1) is 0 Å². The number of ether oxygens (including phenoxy) is 2. The number of pyridine rings is 1. The number of aromatic nitrogens is 1. The summed E-state index contributed by atoms with van der Waals surface area (Å²) in [5.41, 5.74) is 0.639. The molecular weight excluding hydrogens is 352 g/mol. The third-order valence-electron chi connectivity index (χ3n) is 4.18. The predicted molar refractivity (Wildman–Crippen MR) is 98.2 cm³/mol. The van der Waals surface area contributed by atoms with Crippen molar-refractivity contribution in [1.29, 1.82) is 0 Å². The van der Waals surface area contributed by atoms with Crippen LogP contribution in [-0.2, 0) is 6.54 Å². The monoisotopic (exact) mass is 372 g/mol. The number of methoxy groups -OCH3 is 2. The molecule has 3 rings (SSSR count). The fourth-order valence-corrected chi connectivity index (χ4v) is 2.83. The highest BCUT2D eigenvalue weighted by atomic mass is 16.5. The van der Waals surface area contributed by atoms with E-state index in [1.165, 1.54) is 31.4 Å². The van der Waals surface area contributed by atoms with Crippen molar-refractivity contribution >= 4 is 16.8 Å². The Morgan fingerprint density at radius 1 is 1.22 bits per heavy atom. The zero-order valence-electron chi connectivity index (χ0n) is 15.0. The van der Waals surface area contributed by atoms with E-state index in [9.17, 15) is 14.7 Å². The maximum absolute atomic E-state index is 12.5. The predicted octanol–water partition coefficient (Wildman–Crippen LogP) is 1.77. The van der Waals surface area contributed by atoms with Crippen molar-refractivity contribution in [3.05, 3.63) is 58.3 Å². The van der Waals surface area contributed by atoms with Gasteiger partial charge in [0.05, 0.1) is 39.2 Å². The number of furan rings is 1. The number of rotatable bonds is 7. The third kappa shape index (κ3) is 3.80. The summed E-state index contributed by atoms with van der Waals surface area (Å²) in [6.07, 6.45) is 1.40. The highest BCUT2D eigenvalue weighted by molar-refractivity contribution is 5.91. The molecule has 0 spiro atoms. The van der Waals surface area contributed by atoms with Crippen LogP contribution in [0.15, 0.2) is 45.8 Å². The summed E-state index contributed by atoms with van der Waals surface area (Å²) >= 11 is 0. The van der Waals surface area contributed by atoms with Gasteiger partial charge in [-0.1, -0.05) is 0 Å². The molecule has 3 aromatic rings. The Hall–Kier alpha value is -3.26. The number of benzene rings is 1. The van der Waals surface area contributed by atoms with Gasteiger partial charge in [-0.25, -0.2) is 0 Å². The molecule has 2 heterocycles. The number of aliphatic hydroxyl groups excluding tert-OH is 1. The summed E-state index contributed by atoms with van der Waals surface area (Å²) in [5.74, 6) is 0.776. The van der Waals surface area contributed by atoms with E-state index in [1.807, 2.05) is 0 Å². The first-order valence-corrected chi connectivity index (χ1v) is 8.29. The Balaban J connectivity index is 1.98. The topological polar surface area (TPSA) is 105 Å². The molecule has 0 atom stereocenters. The first kappa shape index (κ1) is 18.5. The van der Waals surface area contributed by atoms with Crippen LogP contribution in [0.1, 0.15) is 16.1 Å². The van der Waals surface area contributed by atoms with Crippen LogP contribution in [0.5, 0.6) is 11.5 Å². The maximum atomic E-state index is 12.5. The Kier molecular flexibility index (Phi) is 5.46. The van der Waals surface area contributed by atoms with E-state index < -0.39 is 5.91 Å². The molecule has 0 radical (unpaired) electrons. The Labute approximate surface area is 154 Å². The largest absolute Gasteiger partial charge is 0.493 e. The smallest absolute Gasteiger partial charge is 0.289 e. The number of carbonyl (C=O) groups is 1. The van der Waals surface area contributed by atoms with Gasteiger partial charge in [-0.15, -0.1) is 0 Å². The molecule has 0 aliphatic carbocycles. The SMILES string of the molecule is COc1cc2cc(CN(CCO)C(=O)c3ccco3)c(=O)[nH]c2cc1OC. The van der Waals surface area contributed by atoms with E-state index in [2.05, 4.69) is 4.98 Å². The molecular formula is C19H20N2O6. The zero-order chi connectivity index (χ0) is 19.4. The minimum atomic E-state index is -0.402. The summed E-state index contributed by atoms with van der Waals surface area (Å²) in [7, 11) is 3.05. The van der Waals surface area contributed by atoms with Gasteiger partial charge in [0.2, 0.25) is 0 Å². The lowest BCUT2D eigenvalue weighted by atomic mass is 10.1. The minimum absolute atomic E-state index is 0.0275. The number of amides is 1. The summed E-state index contributed by atoms with van der Waals surface area (Å²) in [6.45, 7) is -0.133. The molecule has 0 saturated carbocycles. The van der Waals surface area contributed by atoms with Gasteiger partial charge in [0.1, 0.15) is 0 Å². The maximum Gasteiger partial charge on any atom is 0.289 e. The van der Waals surface area contributed by atoms with Gasteiger partial charge in [0.25, 0.3) is 11.5 Å². The molecule has 2 aromatic heterocycles. The Morgan fingerprint density at radius 3 is 2.59 bits per heavy atom. The molecule has 27 heavy (non-hydrogen) atoms. The van der Waals surface area contributed by atoms with Gasteiger partial charge in [-0.2, -0.15) is 0 Å². The molecule has 0 bridgehead atoms. The van der Waals surface area contributed by atoms with E-state index in [0.717, 1.165) is 5.39 Å². The van der Waals surface area contributed by atoms with Crippen molar-refractivity contribution < 1.29 is 23.8 Å². The number of hydrogen-bond donors (Lipinski definition) is 2. The van der Waals surface area contributed by atoms with Gasteiger partial charge < -0.3 is 28.9 Å². The average Bonchev–Trinajstić information content (AvgIpc) is 3.21. The Morgan fingerprint density at radius 2 is 1.96 bits per heavy atom. The Bertz CT molecular complexity index is 993. The third-order valence-corrected chi connectivity index (χ3v) is 4.18. The molecule has 142 valence electrons. The van der Waals surface area contributed by atoms with Crippen LogP contribution in [0.4, 0.5) is 0 Å². The molecule has 0 aliphatic heterocycles. The molecule has 1 amide bonds. The van der Waals surface area contributed by atoms with E-state index in [4.69, 9.17) is 13.9 Å². The van der Waals surface area contributed by atoms with Crippen LogP contribution >= 0.6 is 0 Å². The van der Waals surface area contributed by atoms with Gasteiger partial charge >= 0.3 is 0 Å². The van der Waals surface area contributed by atoms with Gasteiger partial charge in [0, 0.05) is 23.6 Å². The normalized spacial score (nSPS) is 10.8. The van der Waals surface area contributed by atoms with E-state index in [0.29, 0.717) is 22.6 Å². The van der Waals surface area contributed by atoms with E-state index in [-0.39, 0.29) is 31.0 Å². The summed E-state index contributed by atoms with van der Waals surface area (Å²) < 4.78 is 15.7. The summed E-state index contributed by atoms with van der Waals surface area (Å²) in [4.78, 5) is 29.2. The standard InChI is InChI=1S/C19H20N2O6/c1-25-16-9-12-8-13(18(23)20-14(12)10-17(16)26-2)11-21(5-6-22)19(24)15-4-3-7-27-15/h3-4,7-10,22H,5-6,11H2,1-2H3,(H,20,23). The number of aromatic amines is 1. The van der Waals surface area contributed by atoms with E-state index in [1.54, 1.807) is 24.3 Å². The molecule has 0 aliphatic rings. The second kappa shape index (κ2) is 7.96. The number of carbonyl (C=O) groups excluding carboxylic acids is 1. The van der Waals surface area contributed by atoms with Crippen LogP contribution in [0.2, 0.25) is 0 Å². The van der Waals surface area contributed by atoms with Crippen molar-refractivity contribution in [2.75, 3.05) is 27.4 Å². The van der Waals surface area contributed by atoms with Gasteiger partial charge in [-0.05, 0) is 24.3 Å². The quantitative estimate of drug-likeness (QED) is 0.655. The van der Waals surface area contributed by atoms with E-state index >= 15 is 0 Å². The second-order valence-electron chi connectivity index (χ2n) is 5.85. The van der Waals surface area contributed by atoms with Crippen LogP contribution < -0.4 is 15.0 Å². The minimum Gasteiger partial charge on any atom is -0.493 e. The lowest BCUT2D eigenvalue weighted by Crippen LogP contribution is -2.34. The first-order chi connectivity index (χ1) is 13.1. The lowest BCUT2D eigenvalue weighted by molar-refractivity contribution is 0.0675. The van der Waals surface area contributed by atoms with Crippen molar-refractivity contribution in [3.63, 3.8) is 0 Å². The van der Waals surface area contributed by atoms with Crippen molar-refractivity contribution in [1.82, 2.24) is 9.88 Å². The molecule has 8 heteroatoms. The number of fused-ring (bicyclic) bond motifs is 1. The fourth-order valence-electron chi connectivity index (χ4n) is 2.83. The number of aliphatic hydroxyl groups is 1. The second-order valence-corrected chi connectivity index (χ2v) is 5.85. The number of nitrogens with one attached hydrogen (secondary N) is 1. The number of nitrogens with zero attached hydrogens (tertiary/aromatic N) is 1. The van der Waals surface area contributed by atoms with Crippen molar-refractivity contribution in [2.45, 2.75) is 6.54 Å². The molecule has 0 fully saturated rings. The van der Waals surface area contributed by atoms with Crippen molar-refractivity contribution in [3.8, 4) is 11.5 Å². The zero-order valence-corrected chi connectivity index (χ0v) is 15.0. The van der Waals surface area contributed by atoms with Gasteiger partial charge in [0.15, 0.2) is 17.3 Å². The highest BCUT2D eigenvalue weighted by Crippen LogP contribution is 2.31. The van der Waals surface area contributed by atoms with Crippen molar-refractivity contribution in [2.24, 2.45) is 0 Å².